The second-order valence-corrected chi connectivity index (χ2v) is 4.96. The average molecular weight is 292 g/mol. The monoisotopic (exact) mass is 292 g/mol. The van der Waals surface area contributed by atoms with E-state index < -0.39 is 17.9 Å². The molecule has 0 bridgehead atoms. The number of benzene rings is 1. The van der Waals surface area contributed by atoms with Crippen molar-refractivity contribution >= 4 is 17.4 Å². The Morgan fingerprint density at radius 2 is 2.19 bits per heavy atom. The van der Waals surface area contributed by atoms with Crippen molar-refractivity contribution in [2.24, 2.45) is 10.7 Å². The fourth-order valence-corrected chi connectivity index (χ4v) is 2.45. The van der Waals surface area contributed by atoms with Crippen molar-refractivity contribution in [1.82, 2.24) is 0 Å². The first-order chi connectivity index (χ1) is 9.93. The summed E-state index contributed by atoms with van der Waals surface area (Å²) >= 11 is 0. The number of hydrogen-bond acceptors (Lipinski definition) is 4. The first kappa shape index (κ1) is 15.2. The Morgan fingerprint density at radius 3 is 2.76 bits per heavy atom. The van der Waals surface area contributed by atoms with Gasteiger partial charge in [-0.3, -0.25) is 4.99 Å². The Bertz CT molecular complexity index is 638. The Kier molecular flexibility index (Phi) is 4.37. The molecule has 1 unspecified atom stereocenters. The molecule has 0 aliphatic heterocycles. The van der Waals surface area contributed by atoms with Crippen molar-refractivity contribution in [3.63, 3.8) is 0 Å². The van der Waals surface area contributed by atoms with E-state index in [1.165, 1.54) is 12.1 Å². The van der Waals surface area contributed by atoms with Crippen molar-refractivity contribution in [3.05, 3.63) is 40.7 Å². The van der Waals surface area contributed by atoms with Crippen molar-refractivity contribution in [1.29, 1.82) is 0 Å². The zero-order valence-corrected chi connectivity index (χ0v) is 11.6. The minimum Gasteiger partial charge on any atom is -0.478 e. The molecule has 6 heteroatoms. The average Bonchev–Trinajstić information content (AvgIpc) is 2.46. The van der Waals surface area contributed by atoms with Gasteiger partial charge >= 0.3 is 5.97 Å². The number of rotatable bonds is 2. The van der Waals surface area contributed by atoms with Crippen LogP contribution in [0.25, 0.3) is 5.70 Å². The summed E-state index contributed by atoms with van der Waals surface area (Å²) in [6.45, 7) is 0. The normalized spacial score (nSPS) is 23.2. The van der Waals surface area contributed by atoms with Gasteiger partial charge in [0.1, 0.15) is 5.82 Å². The first-order valence-electron chi connectivity index (χ1n) is 6.60. The number of carbonyl (C=O) groups is 1. The highest BCUT2D eigenvalue weighted by atomic mass is 19.1. The number of carboxylic acids is 1. The van der Waals surface area contributed by atoms with Gasteiger partial charge in [-0.1, -0.05) is 0 Å². The van der Waals surface area contributed by atoms with Gasteiger partial charge in [0, 0.05) is 30.4 Å². The van der Waals surface area contributed by atoms with E-state index in [1.54, 1.807) is 7.05 Å². The van der Waals surface area contributed by atoms with Crippen LogP contribution < -0.4 is 5.73 Å². The van der Waals surface area contributed by atoms with Crippen LogP contribution in [-0.4, -0.2) is 35.0 Å². The van der Waals surface area contributed by atoms with E-state index in [0.717, 1.165) is 6.07 Å². The number of aliphatic imine (C=N–C) groups is 1. The van der Waals surface area contributed by atoms with E-state index in [-0.39, 0.29) is 16.8 Å². The van der Waals surface area contributed by atoms with Crippen LogP contribution >= 0.6 is 0 Å². The molecule has 21 heavy (non-hydrogen) atoms. The Balaban J connectivity index is 2.45. The zero-order valence-electron chi connectivity index (χ0n) is 11.6. The van der Waals surface area contributed by atoms with Crippen LogP contribution in [0.3, 0.4) is 0 Å². The summed E-state index contributed by atoms with van der Waals surface area (Å²) in [5.74, 6) is -1.87. The molecule has 1 aromatic carbocycles. The minimum atomic E-state index is -1.19. The van der Waals surface area contributed by atoms with Gasteiger partial charge in [0.25, 0.3) is 0 Å². The van der Waals surface area contributed by atoms with Crippen molar-refractivity contribution < 1.29 is 19.4 Å². The summed E-state index contributed by atoms with van der Waals surface area (Å²) in [5.41, 5.74) is 7.69. The Labute approximate surface area is 121 Å². The van der Waals surface area contributed by atoms with Crippen LogP contribution in [0.4, 0.5) is 4.39 Å². The zero-order chi connectivity index (χ0) is 15.6. The fourth-order valence-electron chi connectivity index (χ4n) is 2.45. The largest absolute Gasteiger partial charge is 0.478 e. The van der Waals surface area contributed by atoms with E-state index >= 15 is 0 Å². The van der Waals surface area contributed by atoms with Crippen LogP contribution in [0, 0.1) is 5.82 Å². The maximum absolute atomic E-state index is 14.1. The van der Waals surface area contributed by atoms with Crippen molar-refractivity contribution in [2.75, 3.05) is 7.05 Å². The lowest BCUT2D eigenvalue weighted by Crippen LogP contribution is -2.24. The van der Waals surface area contributed by atoms with Gasteiger partial charge in [-0.05, 0) is 36.6 Å². The van der Waals surface area contributed by atoms with E-state index in [0.29, 0.717) is 30.5 Å². The molecule has 1 fully saturated rings. The lowest BCUT2D eigenvalue weighted by molar-refractivity contribution is 0.0696. The van der Waals surface area contributed by atoms with Gasteiger partial charge in [-0.25, -0.2) is 9.18 Å². The minimum absolute atomic E-state index is 0.127. The number of allylic oxidation sites excluding steroid dienone is 1. The molecular formula is C15H17FN2O3. The third kappa shape index (κ3) is 3.11. The third-order valence-corrected chi connectivity index (χ3v) is 3.61. The van der Waals surface area contributed by atoms with Gasteiger partial charge in [-0.15, -0.1) is 0 Å². The molecule has 1 aliphatic carbocycles. The molecule has 1 atom stereocenters. The topological polar surface area (TPSA) is 95.9 Å². The molecule has 4 N–H and O–H groups in total. The summed E-state index contributed by atoms with van der Waals surface area (Å²) in [7, 11) is 1.60. The fraction of sp³-hybridized carbons (Fsp3) is 0.333. The molecule has 112 valence electrons. The quantitative estimate of drug-likeness (QED) is 0.774. The number of nitrogens with two attached hydrogens (primary N) is 1. The Hall–Kier alpha value is -2.21. The van der Waals surface area contributed by atoms with Crippen LogP contribution in [0.2, 0.25) is 0 Å². The number of hydrogen-bond donors (Lipinski definition) is 3. The smallest absolute Gasteiger partial charge is 0.335 e. The van der Waals surface area contributed by atoms with E-state index in [4.69, 9.17) is 10.8 Å². The van der Waals surface area contributed by atoms with Crippen LogP contribution in [0.5, 0.6) is 0 Å². The third-order valence-electron chi connectivity index (χ3n) is 3.61. The van der Waals surface area contributed by atoms with Crippen LogP contribution in [-0.2, 0) is 0 Å². The molecule has 0 amide bonds. The SMILES string of the molecule is CN=C1CC(O)CCC1=C(N)c1ccc(C(=O)O)cc1F. The van der Waals surface area contributed by atoms with Crippen molar-refractivity contribution in [3.8, 4) is 0 Å². The maximum Gasteiger partial charge on any atom is 0.335 e. The molecule has 0 saturated heterocycles. The number of carboxylic acid groups (broad SMARTS) is 1. The second kappa shape index (κ2) is 6.05. The van der Waals surface area contributed by atoms with Crippen molar-refractivity contribution in [2.45, 2.75) is 25.4 Å². The van der Waals surface area contributed by atoms with E-state index in [1.807, 2.05) is 0 Å². The van der Waals surface area contributed by atoms with Crippen LogP contribution in [0.15, 0.2) is 28.8 Å². The highest BCUT2D eigenvalue weighted by molar-refractivity contribution is 6.06. The predicted molar refractivity (Wildman–Crippen MR) is 77.7 cm³/mol. The predicted octanol–water partition coefficient (Wildman–Crippen LogP) is 1.81. The molecule has 2 rings (SSSR count). The van der Waals surface area contributed by atoms with Gasteiger partial charge in [0.05, 0.1) is 11.7 Å². The molecule has 1 aliphatic rings. The Morgan fingerprint density at radius 1 is 1.48 bits per heavy atom. The van der Waals surface area contributed by atoms with Gasteiger partial charge in [-0.2, -0.15) is 0 Å². The number of aromatic carboxylic acids is 1. The summed E-state index contributed by atoms with van der Waals surface area (Å²) in [6, 6.07) is 3.62. The number of aliphatic hydroxyl groups is 1. The van der Waals surface area contributed by atoms with E-state index in [9.17, 15) is 14.3 Å². The standard InChI is InChI=1S/C15H17FN2O3/c1-18-13-7-9(19)3-5-11(13)14(17)10-4-2-8(15(20)21)6-12(10)16/h2,4,6,9,19H,3,5,7,17H2,1H3,(H,20,21). The number of aliphatic hydroxyl groups excluding tert-OH is 1. The van der Waals surface area contributed by atoms with Gasteiger partial charge < -0.3 is 15.9 Å². The highest BCUT2D eigenvalue weighted by Gasteiger charge is 2.23. The summed E-state index contributed by atoms with van der Waals surface area (Å²) < 4.78 is 14.1. The number of nitrogens with zero attached hydrogens (tertiary/aromatic N) is 1. The lowest BCUT2D eigenvalue weighted by Gasteiger charge is -2.23. The van der Waals surface area contributed by atoms with Gasteiger partial charge in [0.15, 0.2) is 0 Å². The second-order valence-electron chi connectivity index (χ2n) is 4.96. The van der Waals surface area contributed by atoms with E-state index in [2.05, 4.69) is 4.99 Å². The molecule has 0 heterocycles. The molecular weight excluding hydrogens is 275 g/mol. The highest BCUT2D eigenvalue weighted by Crippen LogP contribution is 2.28. The molecule has 0 spiro atoms. The summed E-state index contributed by atoms with van der Waals surface area (Å²) in [4.78, 5) is 14.9. The molecule has 1 saturated carbocycles. The molecule has 0 aromatic heterocycles. The first-order valence-corrected chi connectivity index (χ1v) is 6.60. The molecule has 5 nitrogen and oxygen atoms in total. The van der Waals surface area contributed by atoms with Crippen LogP contribution in [0.1, 0.15) is 35.2 Å². The molecule has 0 radical (unpaired) electrons. The number of halogens is 1. The summed E-state index contributed by atoms with van der Waals surface area (Å²) in [6.07, 6.45) is 0.991. The van der Waals surface area contributed by atoms with Gasteiger partial charge in [0.2, 0.25) is 0 Å². The lowest BCUT2D eigenvalue weighted by atomic mass is 9.87. The molecule has 1 aromatic rings. The summed E-state index contributed by atoms with van der Waals surface area (Å²) in [5, 5.41) is 18.5. The maximum atomic E-state index is 14.1.